The van der Waals surface area contributed by atoms with E-state index in [2.05, 4.69) is 21.6 Å². The van der Waals surface area contributed by atoms with Crippen LogP contribution in [0.4, 0.5) is 5.13 Å². The summed E-state index contributed by atoms with van der Waals surface area (Å²) in [4.78, 5) is 23.8. The summed E-state index contributed by atoms with van der Waals surface area (Å²) in [6, 6.07) is 15.6. The van der Waals surface area contributed by atoms with Crippen molar-refractivity contribution < 1.29 is 4.79 Å². The molecule has 33 heavy (non-hydrogen) atoms. The third-order valence-electron chi connectivity index (χ3n) is 4.89. The van der Waals surface area contributed by atoms with Gasteiger partial charge in [0.05, 0.1) is 32.9 Å². The van der Waals surface area contributed by atoms with E-state index >= 15 is 0 Å². The number of hydrogen-bond acceptors (Lipinski definition) is 8. The first-order chi connectivity index (χ1) is 16.1. The fraction of sp³-hybridized carbons (Fsp3) is 0.174. The van der Waals surface area contributed by atoms with Crippen molar-refractivity contribution in [2.24, 2.45) is 0 Å². The number of hydrogen-bond donors (Lipinski definition) is 1. The van der Waals surface area contributed by atoms with Crippen LogP contribution in [-0.4, -0.2) is 35.8 Å². The highest BCUT2D eigenvalue weighted by molar-refractivity contribution is 7.99. The van der Waals surface area contributed by atoms with Crippen molar-refractivity contribution in [2.75, 3.05) is 11.1 Å². The van der Waals surface area contributed by atoms with E-state index in [1.54, 1.807) is 27.8 Å². The van der Waals surface area contributed by atoms with Crippen LogP contribution in [0.2, 0.25) is 0 Å². The normalized spacial score (nSPS) is 11.2. The summed E-state index contributed by atoms with van der Waals surface area (Å²) < 4.78 is 6.13. The smallest absolute Gasteiger partial charge is 0.258 e. The molecule has 0 radical (unpaired) electrons. The van der Waals surface area contributed by atoms with Crippen molar-refractivity contribution >= 4 is 56.7 Å². The predicted octanol–water partition coefficient (Wildman–Crippen LogP) is 6.06. The summed E-state index contributed by atoms with van der Waals surface area (Å²) in [5.41, 5.74) is 3.52. The minimum atomic E-state index is -0.251. The largest absolute Gasteiger partial charge is 0.297 e. The molecular weight excluding hydrogens is 472 g/mol. The van der Waals surface area contributed by atoms with Gasteiger partial charge in [0.1, 0.15) is 0 Å². The van der Waals surface area contributed by atoms with Crippen LogP contribution in [-0.2, 0) is 0 Å². The average Bonchev–Trinajstić information content (AvgIpc) is 3.59. The minimum Gasteiger partial charge on any atom is -0.297 e. The first-order valence-electron chi connectivity index (χ1n) is 10.4. The zero-order valence-corrected chi connectivity index (χ0v) is 20.4. The molecule has 5 rings (SSSR count). The quantitative estimate of drug-likeness (QED) is 0.278. The Kier molecular flexibility index (Phi) is 6.21. The number of rotatable bonds is 7. The fourth-order valence-corrected chi connectivity index (χ4v) is 5.53. The van der Waals surface area contributed by atoms with Gasteiger partial charge in [-0.1, -0.05) is 43.0 Å². The van der Waals surface area contributed by atoms with Gasteiger partial charge in [0.15, 0.2) is 5.65 Å². The zero-order chi connectivity index (χ0) is 22.8. The third kappa shape index (κ3) is 4.41. The topological polar surface area (TPSA) is 85.6 Å². The SMILES string of the molecule is CCCSc1nsc(NC(=O)c2cc(-c3cccs3)nc3c2c(C)nn3-c2ccccc2)n1. The third-order valence-corrected chi connectivity index (χ3v) is 7.59. The Morgan fingerprint density at radius 2 is 2.00 bits per heavy atom. The van der Waals surface area contributed by atoms with Crippen LogP contribution < -0.4 is 5.32 Å². The number of benzene rings is 1. The molecule has 0 atom stereocenters. The van der Waals surface area contributed by atoms with Gasteiger partial charge < -0.3 is 0 Å². The van der Waals surface area contributed by atoms with Crippen molar-refractivity contribution in [3.63, 3.8) is 0 Å². The number of aromatic nitrogens is 5. The van der Waals surface area contributed by atoms with E-state index in [0.717, 1.165) is 39.5 Å². The van der Waals surface area contributed by atoms with Gasteiger partial charge in [0.2, 0.25) is 10.3 Å². The number of thiophene rings is 1. The maximum Gasteiger partial charge on any atom is 0.258 e. The van der Waals surface area contributed by atoms with E-state index in [1.165, 1.54) is 11.5 Å². The van der Waals surface area contributed by atoms with Crippen LogP contribution >= 0.6 is 34.6 Å². The molecule has 0 fully saturated rings. The molecule has 1 aromatic carbocycles. The van der Waals surface area contributed by atoms with E-state index in [1.807, 2.05) is 60.8 Å². The van der Waals surface area contributed by atoms with Crippen molar-refractivity contribution in [1.29, 1.82) is 0 Å². The number of aryl methyl sites for hydroxylation is 1. The highest BCUT2D eigenvalue weighted by atomic mass is 32.2. The molecule has 1 amide bonds. The van der Waals surface area contributed by atoms with E-state index in [0.29, 0.717) is 21.5 Å². The number of carbonyl (C=O) groups excluding carboxylic acids is 1. The molecule has 0 unspecified atom stereocenters. The number of pyridine rings is 1. The molecule has 0 bridgehead atoms. The van der Waals surface area contributed by atoms with Gasteiger partial charge in [-0.05, 0) is 43.0 Å². The van der Waals surface area contributed by atoms with Gasteiger partial charge in [-0.2, -0.15) is 14.5 Å². The van der Waals surface area contributed by atoms with Gasteiger partial charge in [-0.15, -0.1) is 11.3 Å². The number of anilines is 1. The highest BCUT2D eigenvalue weighted by Gasteiger charge is 2.22. The molecule has 0 aliphatic carbocycles. The number of fused-ring (bicyclic) bond motifs is 1. The Labute approximate surface area is 203 Å². The summed E-state index contributed by atoms with van der Waals surface area (Å²) in [7, 11) is 0. The molecule has 166 valence electrons. The number of nitrogens with zero attached hydrogens (tertiary/aromatic N) is 5. The van der Waals surface area contributed by atoms with Crippen molar-refractivity contribution in [3.05, 3.63) is 65.2 Å². The first kappa shape index (κ1) is 21.7. The number of amides is 1. The van der Waals surface area contributed by atoms with Crippen LogP contribution in [0.1, 0.15) is 29.4 Å². The lowest BCUT2D eigenvalue weighted by Crippen LogP contribution is -2.13. The van der Waals surface area contributed by atoms with Crippen molar-refractivity contribution in [2.45, 2.75) is 25.4 Å². The van der Waals surface area contributed by atoms with Gasteiger partial charge >= 0.3 is 0 Å². The summed E-state index contributed by atoms with van der Waals surface area (Å²) in [5.74, 6) is 0.691. The van der Waals surface area contributed by atoms with Crippen molar-refractivity contribution in [3.8, 4) is 16.3 Å². The van der Waals surface area contributed by atoms with Gasteiger partial charge in [0, 0.05) is 17.3 Å². The second-order valence-corrected chi connectivity index (χ2v) is 10.0. The van der Waals surface area contributed by atoms with Gasteiger partial charge in [0.25, 0.3) is 5.91 Å². The lowest BCUT2D eigenvalue weighted by molar-refractivity contribution is 0.102. The molecular formula is C23H20N6OS3. The Morgan fingerprint density at radius 1 is 1.15 bits per heavy atom. The number of thioether (sulfide) groups is 1. The lowest BCUT2D eigenvalue weighted by Gasteiger charge is -2.08. The molecule has 5 aromatic rings. The van der Waals surface area contributed by atoms with Gasteiger partial charge in [-0.3, -0.25) is 10.1 Å². The second-order valence-electron chi connectivity index (χ2n) is 7.25. The molecule has 4 heterocycles. The Hall–Kier alpha value is -3.08. The summed E-state index contributed by atoms with van der Waals surface area (Å²) in [6.07, 6.45) is 1.04. The first-order valence-corrected chi connectivity index (χ1v) is 13.1. The summed E-state index contributed by atoms with van der Waals surface area (Å²) in [6.45, 7) is 4.01. The molecule has 10 heteroatoms. The predicted molar refractivity (Wildman–Crippen MR) is 136 cm³/mol. The Morgan fingerprint density at radius 3 is 2.76 bits per heavy atom. The molecule has 0 spiro atoms. The van der Waals surface area contributed by atoms with Crippen LogP contribution in [0.15, 0.2) is 59.1 Å². The van der Waals surface area contributed by atoms with Gasteiger partial charge in [-0.25, -0.2) is 9.67 Å². The van der Waals surface area contributed by atoms with Crippen LogP contribution in [0, 0.1) is 6.92 Å². The second kappa shape index (κ2) is 9.42. The van der Waals surface area contributed by atoms with Crippen LogP contribution in [0.5, 0.6) is 0 Å². The summed E-state index contributed by atoms with van der Waals surface area (Å²) in [5, 5.41) is 11.5. The molecule has 0 saturated heterocycles. The average molecular weight is 493 g/mol. The number of carbonyl (C=O) groups is 1. The minimum absolute atomic E-state index is 0.251. The van der Waals surface area contributed by atoms with E-state index in [4.69, 9.17) is 10.1 Å². The van der Waals surface area contributed by atoms with Crippen LogP contribution in [0.3, 0.4) is 0 Å². The molecule has 0 saturated carbocycles. The monoisotopic (exact) mass is 492 g/mol. The Bertz CT molecular complexity index is 1410. The van der Waals surface area contributed by atoms with Crippen LogP contribution in [0.25, 0.3) is 27.3 Å². The lowest BCUT2D eigenvalue weighted by atomic mass is 10.1. The van der Waals surface area contributed by atoms with E-state index < -0.39 is 0 Å². The molecule has 0 aliphatic heterocycles. The fourth-order valence-electron chi connectivity index (χ4n) is 3.44. The molecule has 4 aromatic heterocycles. The number of para-hydroxylation sites is 1. The molecule has 1 N–H and O–H groups in total. The highest BCUT2D eigenvalue weighted by Crippen LogP contribution is 2.31. The Balaban J connectivity index is 1.60. The summed E-state index contributed by atoms with van der Waals surface area (Å²) >= 11 is 4.36. The zero-order valence-electron chi connectivity index (χ0n) is 18.0. The molecule has 0 aliphatic rings. The van der Waals surface area contributed by atoms with E-state index in [9.17, 15) is 4.79 Å². The van der Waals surface area contributed by atoms with E-state index in [-0.39, 0.29) is 5.91 Å². The number of nitrogens with one attached hydrogen (secondary N) is 1. The van der Waals surface area contributed by atoms with Crippen molar-refractivity contribution in [1.82, 2.24) is 24.1 Å². The maximum atomic E-state index is 13.4. The maximum absolute atomic E-state index is 13.4. The standard InChI is InChI=1S/C23H20N6OS3/c1-3-11-32-23-26-22(33-28-23)25-21(30)16-13-17(18-10-7-12-31-18)24-20-19(16)14(2)27-29(20)15-8-5-4-6-9-15/h4-10,12-13H,3,11H2,1-2H3,(H,25,26,28,30). The molecule has 7 nitrogen and oxygen atoms in total.